The Hall–Kier alpha value is -1.26. The lowest BCUT2D eigenvalue weighted by Crippen LogP contribution is -2.40. The van der Waals surface area contributed by atoms with Crippen molar-refractivity contribution in [2.24, 2.45) is 5.73 Å². The van der Waals surface area contributed by atoms with Crippen LogP contribution in [-0.4, -0.2) is 26.1 Å². The summed E-state index contributed by atoms with van der Waals surface area (Å²) in [4.78, 5) is 13.3. The van der Waals surface area contributed by atoms with Crippen molar-refractivity contribution in [2.45, 2.75) is 19.9 Å². The van der Waals surface area contributed by atoms with Gasteiger partial charge in [-0.2, -0.15) is 0 Å². The number of carbonyl (C=O) groups is 1. The van der Waals surface area contributed by atoms with Crippen LogP contribution >= 0.6 is 11.6 Å². The number of hydrogen-bond donors (Lipinski definition) is 1. The van der Waals surface area contributed by atoms with E-state index in [9.17, 15) is 4.79 Å². The molecule has 4 nitrogen and oxygen atoms in total. The number of rotatable bonds is 3. The van der Waals surface area contributed by atoms with Gasteiger partial charge in [0, 0.05) is 12.1 Å². The number of nitrogens with two attached hydrogens (primary N) is 1. The molecule has 0 spiro atoms. The van der Waals surface area contributed by atoms with Crippen molar-refractivity contribution in [3.63, 3.8) is 0 Å². The van der Waals surface area contributed by atoms with Gasteiger partial charge in [0.05, 0.1) is 18.8 Å². The number of halogens is 1. The molecule has 1 unspecified atom stereocenters. The first-order valence-electron chi connectivity index (χ1n) is 5.25. The van der Waals surface area contributed by atoms with E-state index < -0.39 is 6.04 Å². The number of nitrogens with zero attached hydrogens (tertiary/aromatic N) is 1. The summed E-state index contributed by atoms with van der Waals surface area (Å²) in [7, 11) is 3.21. The maximum Gasteiger partial charge on any atom is 0.243 e. The normalized spacial score (nSPS) is 12.1. The quantitative estimate of drug-likeness (QED) is 0.900. The largest absolute Gasteiger partial charge is 0.494 e. The lowest BCUT2D eigenvalue weighted by atomic mass is 10.1. The van der Waals surface area contributed by atoms with Gasteiger partial charge in [0.25, 0.3) is 0 Å². The summed E-state index contributed by atoms with van der Waals surface area (Å²) in [5.41, 5.74) is 7.08. The zero-order valence-corrected chi connectivity index (χ0v) is 11.2. The van der Waals surface area contributed by atoms with Crippen LogP contribution in [0.5, 0.6) is 5.75 Å². The smallest absolute Gasteiger partial charge is 0.243 e. The highest BCUT2D eigenvalue weighted by Crippen LogP contribution is 2.34. The Labute approximate surface area is 106 Å². The van der Waals surface area contributed by atoms with E-state index in [4.69, 9.17) is 22.1 Å². The van der Waals surface area contributed by atoms with Crippen molar-refractivity contribution in [3.8, 4) is 5.75 Å². The zero-order chi connectivity index (χ0) is 13.2. The van der Waals surface area contributed by atoms with Crippen molar-refractivity contribution in [1.29, 1.82) is 0 Å². The third kappa shape index (κ3) is 2.90. The molecule has 0 fully saturated rings. The number of benzene rings is 1. The average Bonchev–Trinajstić information content (AvgIpc) is 2.25. The maximum atomic E-state index is 11.8. The van der Waals surface area contributed by atoms with Crippen molar-refractivity contribution in [3.05, 3.63) is 22.7 Å². The topological polar surface area (TPSA) is 55.6 Å². The van der Waals surface area contributed by atoms with Gasteiger partial charge in [0.2, 0.25) is 5.91 Å². The molecule has 94 valence electrons. The van der Waals surface area contributed by atoms with E-state index in [0.29, 0.717) is 16.5 Å². The van der Waals surface area contributed by atoms with Crippen molar-refractivity contribution < 1.29 is 9.53 Å². The summed E-state index contributed by atoms with van der Waals surface area (Å²) < 4.78 is 5.29. The van der Waals surface area contributed by atoms with Crippen LogP contribution in [0, 0.1) is 6.92 Å². The predicted octanol–water partition coefficient (Wildman–Crippen LogP) is 1.97. The predicted molar refractivity (Wildman–Crippen MR) is 69.8 cm³/mol. The van der Waals surface area contributed by atoms with Gasteiger partial charge < -0.3 is 15.4 Å². The first-order chi connectivity index (χ1) is 7.88. The highest BCUT2D eigenvalue weighted by molar-refractivity contribution is 6.31. The van der Waals surface area contributed by atoms with E-state index in [2.05, 4.69) is 0 Å². The first kappa shape index (κ1) is 13.8. The van der Waals surface area contributed by atoms with Crippen molar-refractivity contribution in [2.75, 3.05) is 19.1 Å². The lowest BCUT2D eigenvalue weighted by Gasteiger charge is -2.23. The highest BCUT2D eigenvalue weighted by atomic mass is 35.5. The summed E-state index contributed by atoms with van der Waals surface area (Å²) in [5, 5.41) is 0.558. The van der Waals surface area contributed by atoms with Crippen LogP contribution in [0.2, 0.25) is 5.02 Å². The molecule has 1 amide bonds. The standard InChI is InChI=1S/C12H17ClN2O2/c1-7-5-9(13)6-10(11(7)17-4)15(3)12(16)8(2)14/h5-6,8H,14H2,1-4H3. The van der Waals surface area contributed by atoms with Gasteiger partial charge in [0.1, 0.15) is 5.75 Å². The Bertz CT molecular complexity index is 433. The summed E-state index contributed by atoms with van der Waals surface area (Å²) >= 11 is 5.98. The minimum atomic E-state index is -0.566. The van der Waals surface area contributed by atoms with Crippen LogP contribution in [0.25, 0.3) is 0 Å². The molecule has 17 heavy (non-hydrogen) atoms. The molecule has 0 aliphatic heterocycles. The molecule has 0 aliphatic carbocycles. The number of aryl methyl sites for hydroxylation is 1. The molecular weight excluding hydrogens is 240 g/mol. The molecule has 0 radical (unpaired) electrons. The summed E-state index contributed by atoms with van der Waals surface area (Å²) in [6, 6.07) is 2.91. The van der Waals surface area contributed by atoms with Gasteiger partial charge in [-0.15, -0.1) is 0 Å². The molecule has 0 heterocycles. The third-order valence-electron chi connectivity index (χ3n) is 2.51. The van der Waals surface area contributed by atoms with Crippen LogP contribution < -0.4 is 15.4 Å². The van der Waals surface area contributed by atoms with Gasteiger partial charge in [-0.3, -0.25) is 4.79 Å². The maximum absolute atomic E-state index is 11.8. The van der Waals surface area contributed by atoms with Crippen LogP contribution in [-0.2, 0) is 4.79 Å². The van der Waals surface area contributed by atoms with E-state index in [1.54, 1.807) is 33.2 Å². The van der Waals surface area contributed by atoms with Gasteiger partial charge in [-0.05, 0) is 31.5 Å². The number of hydrogen-bond acceptors (Lipinski definition) is 3. The van der Waals surface area contributed by atoms with E-state index in [0.717, 1.165) is 5.56 Å². The minimum absolute atomic E-state index is 0.190. The Balaban J connectivity index is 3.25. The second-order valence-corrected chi connectivity index (χ2v) is 4.40. The second-order valence-electron chi connectivity index (χ2n) is 3.96. The Kier molecular flexibility index (Phi) is 4.37. The number of anilines is 1. The number of carbonyl (C=O) groups excluding carboxylic acids is 1. The third-order valence-corrected chi connectivity index (χ3v) is 2.72. The number of amides is 1. The van der Waals surface area contributed by atoms with Crippen LogP contribution in [0.3, 0.4) is 0 Å². The fraction of sp³-hybridized carbons (Fsp3) is 0.417. The van der Waals surface area contributed by atoms with Gasteiger partial charge >= 0.3 is 0 Å². The molecule has 5 heteroatoms. The minimum Gasteiger partial charge on any atom is -0.494 e. The van der Waals surface area contributed by atoms with Gasteiger partial charge in [-0.1, -0.05) is 11.6 Å². The fourth-order valence-electron chi connectivity index (χ4n) is 1.65. The molecule has 1 aromatic rings. The monoisotopic (exact) mass is 256 g/mol. The highest BCUT2D eigenvalue weighted by Gasteiger charge is 2.20. The second kappa shape index (κ2) is 5.38. The average molecular weight is 257 g/mol. The summed E-state index contributed by atoms with van der Waals surface area (Å²) in [5.74, 6) is 0.441. The Morgan fingerprint density at radius 3 is 2.59 bits per heavy atom. The molecule has 0 saturated heterocycles. The first-order valence-corrected chi connectivity index (χ1v) is 5.63. The summed E-state index contributed by atoms with van der Waals surface area (Å²) in [6.45, 7) is 3.51. The summed E-state index contributed by atoms with van der Waals surface area (Å²) in [6.07, 6.45) is 0. The fourth-order valence-corrected chi connectivity index (χ4v) is 1.92. The van der Waals surface area contributed by atoms with Crippen LogP contribution in [0.15, 0.2) is 12.1 Å². The van der Waals surface area contributed by atoms with Crippen LogP contribution in [0.4, 0.5) is 5.69 Å². The van der Waals surface area contributed by atoms with E-state index in [1.165, 1.54) is 4.90 Å². The van der Waals surface area contributed by atoms with Gasteiger partial charge in [0.15, 0.2) is 0 Å². The number of ether oxygens (including phenoxy) is 1. The molecule has 0 bridgehead atoms. The molecule has 2 N–H and O–H groups in total. The van der Waals surface area contributed by atoms with Crippen LogP contribution in [0.1, 0.15) is 12.5 Å². The molecular formula is C12H17ClN2O2. The molecule has 1 atom stereocenters. The van der Waals surface area contributed by atoms with E-state index in [1.807, 2.05) is 6.92 Å². The zero-order valence-electron chi connectivity index (χ0n) is 10.5. The Morgan fingerprint density at radius 1 is 1.53 bits per heavy atom. The Morgan fingerprint density at radius 2 is 2.12 bits per heavy atom. The molecule has 1 aromatic carbocycles. The molecule has 0 aromatic heterocycles. The molecule has 0 saturated carbocycles. The van der Waals surface area contributed by atoms with Crippen molar-refractivity contribution in [1.82, 2.24) is 0 Å². The van der Waals surface area contributed by atoms with E-state index >= 15 is 0 Å². The van der Waals surface area contributed by atoms with Crippen molar-refractivity contribution >= 4 is 23.2 Å². The van der Waals surface area contributed by atoms with E-state index in [-0.39, 0.29) is 5.91 Å². The SMILES string of the molecule is COc1c(C)cc(Cl)cc1N(C)C(=O)C(C)N. The van der Waals surface area contributed by atoms with Gasteiger partial charge in [-0.25, -0.2) is 0 Å². The number of methoxy groups -OCH3 is 1. The lowest BCUT2D eigenvalue weighted by molar-refractivity contribution is -0.119. The molecule has 0 aliphatic rings. The molecule has 1 rings (SSSR count). The number of likely N-dealkylation sites (N-methyl/N-ethyl adjacent to an activating group) is 1.